The molecule has 0 spiro atoms. The van der Waals surface area contributed by atoms with Gasteiger partial charge in [-0.1, -0.05) is 13.8 Å². The molecule has 1 aromatic heterocycles. The third-order valence-electron chi connectivity index (χ3n) is 1.80. The van der Waals surface area contributed by atoms with Crippen LogP contribution in [-0.4, -0.2) is 15.8 Å². The Balaban J connectivity index is 2.77. The van der Waals surface area contributed by atoms with Crippen LogP contribution in [0.1, 0.15) is 32.4 Å². The first-order chi connectivity index (χ1) is 5.61. The van der Waals surface area contributed by atoms with E-state index in [1.807, 2.05) is 23.9 Å². The van der Waals surface area contributed by atoms with E-state index >= 15 is 0 Å². The molecule has 2 N–H and O–H groups in total. The molecule has 0 aliphatic rings. The third kappa shape index (κ3) is 2.08. The molecule has 0 amide bonds. The van der Waals surface area contributed by atoms with Crippen molar-refractivity contribution in [1.82, 2.24) is 9.78 Å². The second-order valence-electron chi connectivity index (χ2n) is 3.57. The van der Waals surface area contributed by atoms with Gasteiger partial charge in [0.05, 0.1) is 6.54 Å². The first kappa shape index (κ1) is 9.26. The lowest BCUT2D eigenvalue weighted by molar-refractivity contribution is 0.509. The first-order valence-electron chi connectivity index (χ1n) is 4.38. The van der Waals surface area contributed by atoms with E-state index in [0.717, 1.165) is 6.54 Å². The maximum Gasteiger partial charge on any atom is 0.0561 e. The molecule has 0 saturated carbocycles. The van der Waals surface area contributed by atoms with Crippen molar-refractivity contribution in [3.05, 3.63) is 18.0 Å². The van der Waals surface area contributed by atoms with Crippen LogP contribution in [0.15, 0.2) is 12.3 Å². The number of rotatable bonds is 3. The molecular weight excluding hydrogens is 150 g/mol. The third-order valence-corrected chi connectivity index (χ3v) is 1.80. The molecule has 1 rings (SSSR count). The fourth-order valence-corrected chi connectivity index (χ4v) is 1.26. The zero-order chi connectivity index (χ0) is 9.14. The van der Waals surface area contributed by atoms with Crippen molar-refractivity contribution in [3.63, 3.8) is 0 Å². The molecule has 0 bridgehead atoms. The van der Waals surface area contributed by atoms with Crippen LogP contribution in [0.2, 0.25) is 0 Å². The van der Waals surface area contributed by atoms with E-state index in [-0.39, 0.29) is 6.04 Å². The average Bonchev–Trinajstić information content (AvgIpc) is 2.33. The van der Waals surface area contributed by atoms with Gasteiger partial charge >= 0.3 is 0 Å². The minimum atomic E-state index is 0.169. The molecule has 1 aromatic rings. The van der Waals surface area contributed by atoms with Crippen molar-refractivity contribution >= 4 is 0 Å². The number of aromatic nitrogens is 2. The minimum absolute atomic E-state index is 0.169. The van der Waals surface area contributed by atoms with Crippen LogP contribution in [-0.2, 0) is 6.54 Å². The lowest BCUT2D eigenvalue weighted by Crippen LogP contribution is -2.24. The topological polar surface area (TPSA) is 43.8 Å². The Kier molecular flexibility index (Phi) is 2.87. The van der Waals surface area contributed by atoms with E-state index in [1.165, 1.54) is 5.69 Å². The largest absolute Gasteiger partial charge is 0.326 e. The summed E-state index contributed by atoms with van der Waals surface area (Å²) in [6.45, 7) is 7.12. The van der Waals surface area contributed by atoms with Gasteiger partial charge in [-0.05, 0) is 18.9 Å². The molecule has 0 aromatic carbocycles. The van der Waals surface area contributed by atoms with Crippen LogP contribution in [0.4, 0.5) is 0 Å². The molecule has 0 radical (unpaired) electrons. The number of hydrogen-bond acceptors (Lipinski definition) is 2. The van der Waals surface area contributed by atoms with Gasteiger partial charge in [-0.3, -0.25) is 4.68 Å². The fraction of sp³-hybridized carbons (Fsp3) is 0.667. The summed E-state index contributed by atoms with van der Waals surface area (Å²) < 4.78 is 1.98. The Morgan fingerprint density at radius 3 is 2.67 bits per heavy atom. The zero-order valence-electron chi connectivity index (χ0n) is 7.99. The van der Waals surface area contributed by atoms with Crippen LogP contribution in [0.3, 0.4) is 0 Å². The van der Waals surface area contributed by atoms with Gasteiger partial charge in [0.2, 0.25) is 0 Å². The summed E-state index contributed by atoms with van der Waals surface area (Å²) >= 11 is 0. The second kappa shape index (κ2) is 3.72. The number of nitrogens with two attached hydrogens (primary N) is 1. The predicted octanol–water partition coefficient (Wildman–Crippen LogP) is 1.35. The quantitative estimate of drug-likeness (QED) is 0.738. The summed E-state index contributed by atoms with van der Waals surface area (Å²) in [7, 11) is 0. The van der Waals surface area contributed by atoms with Gasteiger partial charge < -0.3 is 5.73 Å². The molecule has 3 nitrogen and oxygen atoms in total. The molecule has 68 valence electrons. The molecule has 0 fully saturated rings. The molecule has 1 unspecified atom stereocenters. The van der Waals surface area contributed by atoms with Gasteiger partial charge in [0.25, 0.3) is 0 Å². The summed E-state index contributed by atoms with van der Waals surface area (Å²) in [6.07, 6.45) is 1.83. The highest BCUT2D eigenvalue weighted by Gasteiger charge is 2.07. The van der Waals surface area contributed by atoms with E-state index in [9.17, 15) is 0 Å². The van der Waals surface area contributed by atoms with E-state index in [0.29, 0.717) is 5.92 Å². The summed E-state index contributed by atoms with van der Waals surface area (Å²) in [4.78, 5) is 0. The molecular formula is C9H17N3. The van der Waals surface area contributed by atoms with Gasteiger partial charge in [-0.2, -0.15) is 5.10 Å². The standard InChI is InChI=1S/C9H17N3/c1-7(2)9-4-5-11-12(9)6-8(3)10/h4-5,7-8H,6,10H2,1-3H3. The van der Waals surface area contributed by atoms with Gasteiger partial charge in [0.1, 0.15) is 0 Å². The summed E-state index contributed by atoms with van der Waals surface area (Å²) in [5, 5.41) is 4.21. The Morgan fingerprint density at radius 1 is 1.50 bits per heavy atom. The van der Waals surface area contributed by atoms with Crippen molar-refractivity contribution in [2.24, 2.45) is 5.73 Å². The van der Waals surface area contributed by atoms with Crippen LogP contribution in [0, 0.1) is 0 Å². The van der Waals surface area contributed by atoms with E-state index < -0.39 is 0 Å². The highest BCUT2D eigenvalue weighted by Crippen LogP contribution is 2.12. The summed E-state index contributed by atoms with van der Waals surface area (Å²) in [5.41, 5.74) is 6.95. The number of nitrogens with zero attached hydrogens (tertiary/aromatic N) is 2. The average molecular weight is 167 g/mol. The zero-order valence-corrected chi connectivity index (χ0v) is 7.99. The molecule has 12 heavy (non-hydrogen) atoms. The lowest BCUT2D eigenvalue weighted by Gasteiger charge is -2.11. The minimum Gasteiger partial charge on any atom is -0.326 e. The Morgan fingerprint density at radius 2 is 2.17 bits per heavy atom. The highest BCUT2D eigenvalue weighted by molar-refractivity contribution is 5.05. The Labute approximate surface area is 73.6 Å². The van der Waals surface area contributed by atoms with E-state index in [4.69, 9.17) is 5.73 Å². The molecule has 0 aliphatic heterocycles. The van der Waals surface area contributed by atoms with Crippen molar-refractivity contribution < 1.29 is 0 Å². The van der Waals surface area contributed by atoms with E-state index in [1.54, 1.807) is 0 Å². The van der Waals surface area contributed by atoms with E-state index in [2.05, 4.69) is 18.9 Å². The Hall–Kier alpha value is -0.830. The van der Waals surface area contributed by atoms with Gasteiger partial charge in [-0.25, -0.2) is 0 Å². The van der Waals surface area contributed by atoms with Crippen molar-refractivity contribution in [2.45, 2.75) is 39.3 Å². The van der Waals surface area contributed by atoms with Crippen LogP contribution >= 0.6 is 0 Å². The van der Waals surface area contributed by atoms with Crippen LogP contribution in [0.5, 0.6) is 0 Å². The summed E-state index contributed by atoms with van der Waals surface area (Å²) in [5.74, 6) is 0.520. The first-order valence-corrected chi connectivity index (χ1v) is 4.38. The maximum absolute atomic E-state index is 5.69. The van der Waals surface area contributed by atoms with Gasteiger partial charge in [0, 0.05) is 17.9 Å². The molecule has 3 heteroatoms. The smallest absolute Gasteiger partial charge is 0.0561 e. The van der Waals surface area contributed by atoms with Crippen LogP contribution < -0.4 is 5.73 Å². The molecule has 1 heterocycles. The number of hydrogen-bond donors (Lipinski definition) is 1. The van der Waals surface area contributed by atoms with Crippen molar-refractivity contribution in [1.29, 1.82) is 0 Å². The molecule has 0 aliphatic carbocycles. The summed E-state index contributed by atoms with van der Waals surface area (Å²) in [6, 6.07) is 2.22. The van der Waals surface area contributed by atoms with Crippen LogP contribution in [0.25, 0.3) is 0 Å². The van der Waals surface area contributed by atoms with Gasteiger partial charge in [-0.15, -0.1) is 0 Å². The lowest BCUT2D eigenvalue weighted by atomic mass is 10.1. The second-order valence-corrected chi connectivity index (χ2v) is 3.57. The fourth-order valence-electron chi connectivity index (χ4n) is 1.26. The molecule has 0 saturated heterocycles. The molecule has 1 atom stereocenters. The Bertz CT molecular complexity index is 238. The monoisotopic (exact) mass is 167 g/mol. The SMILES string of the molecule is CC(N)Cn1nccc1C(C)C. The van der Waals surface area contributed by atoms with Crippen molar-refractivity contribution in [2.75, 3.05) is 0 Å². The predicted molar refractivity (Wildman–Crippen MR) is 50.0 cm³/mol. The normalized spacial score (nSPS) is 13.8. The maximum atomic E-state index is 5.69. The highest BCUT2D eigenvalue weighted by atomic mass is 15.3. The van der Waals surface area contributed by atoms with Gasteiger partial charge in [0.15, 0.2) is 0 Å². The van der Waals surface area contributed by atoms with Crippen molar-refractivity contribution in [3.8, 4) is 0 Å².